The van der Waals surface area contributed by atoms with Crippen LogP contribution in [0.25, 0.3) is 22.0 Å². The van der Waals surface area contributed by atoms with Gasteiger partial charge in [0.1, 0.15) is 10.4 Å². The number of aliphatic hydroxyl groups is 2. The van der Waals surface area contributed by atoms with Crippen LogP contribution in [0.3, 0.4) is 0 Å². The molecule has 1 unspecified atom stereocenters. The Kier molecular flexibility index (Phi) is 7.89. The molecule has 11 heteroatoms. The maximum atomic E-state index is 13.7. The zero-order valence-corrected chi connectivity index (χ0v) is 18.5. The maximum Gasteiger partial charge on any atom is 0.253 e. The molecule has 0 radical (unpaired) electrons. The second-order valence-electron chi connectivity index (χ2n) is 8.03. The minimum Gasteiger partial charge on any atom is -0.395 e. The van der Waals surface area contributed by atoms with E-state index in [9.17, 15) is 36.6 Å². The molecule has 0 aliphatic heterocycles. The summed E-state index contributed by atoms with van der Waals surface area (Å²) in [7, 11) is 0. The van der Waals surface area contributed by atoms with Crippen LogP contribution < -0.4 is 5.73 Å². The molecule has 184 valence electrons. The Labute approximate surface area is 196 Å². The van der Waals surface area contributed by atoms with Crippen molar-refractivity contribution in [2.45, 2.75) is 38.3 Å². The van der Waals surface area contributed by atoms with Crippen molar-refractivity contribution in [3.63, 3.8) is 0 Å². The molecule has 0 spiro atoms. The predicted molar refractivity (Wildman–Crippen MR) is 120 cm³/mol. The first-order valence-corrected chi connectivity index (χ1v) is 10.6. The lowest BCUT2D eigenvalue weighted by Gasteiger charge is -2.30. The lowest BCUT2D eigenvalue weighted by molar-refractivity contribution is -0.141. The van der Waals surface area contributed by atoms with Crippen LogP contribution >= 0.6 is 12.2 Å². The van der Waals surface area contributed by atoms with E-state index in [0.29, 0.717) is 22.1 Å². The standard InChI is InChI=1S/C23H22F6N2O2S/c24-19(25)8-18(33)13-4-5-15-16(12-2-1-3-14(6-12)20(30)34)9-31(17(15)7-13)10-23(11-32,21(26)27)22(28)29/h1-7,9,18-19,21-22,32-33H,8,10-11H2,(H2,30,34). The molecule has 0 fully saturated rings. The van der Waals surface area contributed by atoms with Gasteiger partial charge in [-0.15, -0.1) is 0 Å². The monoisotopic (exact) mass is 504 g/mol. The average Bonchev–Trinajstić information content (AvgIpc) is 3.14. The van der Waals surface area contributed by atoms with Crippen LogP contribution in [0, 0.1) is 5.41 Å². The molecule has 2 aromatic carbocycles. The van der Waals surface area contributed by atoms with Crippen molar-refractivity contribution >= 4 is 28.1 Å². The summed E-state index contributed by atoms with van der Waals surface area (Å²) in [5.74, 6) is 0. The second kappa shape index (κ2) is 10.3. The zero-order chi connectivity index (χ0) is 25.2. The molecule has 1 atom stereocenters. The zero-order valence-electron chi connectivity index (χ0n) is 17.6. The Hall–Kier alpha value is -2.63. The smallest absolute Gasteiger partial charge is 0.253 e. The van der Waals surface area contributed by atoms with Crippen molar-refractivity contribution in [3.05, 3.63) is 59.8 Å². The van der Waals surface area contributed by atoms with Crippen LogP contribution in [-0.4, -0.2) is 45.7 Å². The van der Waals surface area contributed by atoms with Crippen molar-refractivity contribution in [3.8, 4) is 11.1 Å². The molecule has 1 heterocycles. The van der Waals surface area contributed by atoms with Gasteiger partial charge in [0.2, 0.25) is 6.43 Å². The summed E-state index contributed by atoms with van der Waals surface area (Å²) < 4.78 is 81.5. The number of nitrogens with two attached hydrogens (primary N) is 1. The number of rotatable bonds is 10. The van der Waals surface area contributed by atoms with Crippen LogP contribution in [0.15, 0.2) is 48.7 Å². The first-order valence-electron chi connectivity index (χ1n) is 10.2. The number of nitrogens with zero attached hydrogens (tertiary/aromatic N) is 1. The molecule has 34 heavy (non-hydrogen) atoms. The highest BCUT2D eigenvalue weighted by atomic mass is 32.1. The van der Waals surface area contributed by atoms with Gasteiger partial charge in [0.15, 0.2) is 0 Å². The Morgan fingerprint density at radius 3 is 2.26 bits per heavy atom. The van der Waals surface area contributed by atoms with Crippen LogP contribution in [-0.2, 0) is 6.54 Å². The largest absolute Gasteiger partial charge is 0.395 e. The molecule has 0 bridgehead atoms. The van der Waals surface area contributed by atoms with Gasteiger partial charge in [-0.25, -0.2) is 26.3 Å². The van der Waals surface area contributed by atoms with Gasteiger partial charge in [-0.2, -0.15) is 0 Å². The molecule has 4 nitrogen and oxygen atoms in total. The number of hydrogen-bond donors (Lipinski definition) is 3. The highest BCUT2D eigenvalue weighted by Crippen LogP contribution is 2.39. The van der Waals surface area contributed by atoms with Crippen molar-refractivity contribution in [2.24, 2.45) is 11.1 Å². The van der Waals surface area contributed by atoms with E-state index >= 15 is 0 Å². The van der Waals surface area contributed by atoms with Crippen LogP contribution in [0.1, 0.15) is 23.7 Å². The minimum atomic E-state index is -3.55. The molecule has 3 aromatic rings. The third-order valence-corrected chi connectivity index (χ3v) is 6.01. The summed E-state index contributed by atoms with van der Waals surface area (Å²) in [5.41, 5.74) is 4.38. The number of alkyl halides is 6. The Balaban J connectivity index is 2.23. The number of thiocarbonyl (C=S) groups is 1. The summed E-state index contributed by atoms with van der Waals surface area (Å²) in [4.78, 5) is 0.109. The van der Waals surface area contributed by atoms with Gasteiger partial charge in [0.25, 0.3) is 12.9 Å². The topological polar surface area (TPSA) is 71.4 Å². The van der Waals surface area contributed by atoms with E-state index in [1.807, 2.05) is 0 Å². The third-order valence-electron chi connectivity index (χ3n) is 5.78. The third kappa shape index (κ3) is 5.06. The maximum absolute atomic E-state index is 13.7. The van der Waals surface area contributed by atoms with Crippen molar-refractivity contribution in [1.82, 2.24) is 4.57 Å². The highest BCUT2D eigenvalue weighted by molar-refractivity contribution is 7.80. The summed E-state index contributed by atoms with van der Waals surface area (Å²) in [6, 6.07) is 10.8. The molecule has 0 aliphatic rings. The van der Waals surface area contributed by atoms with E-state index in [-0.39, 0.29) is 16.1 Å². The lowest BCUT2D eigenvalue weighted by Crippen LogP contribution is -2.44. The molecule has 1 aromatic heterocycles. The number of aromatic nitrogens is 1. The summed E-state index contributed by atoms with van der Waals surface area (Å²) in [6.45, 7) is -2.44. The number of benzene rings is 2. The second-order valence-corrected chi connectivity index (χ2v) is 8.47. The molecule has 0 saturated heterocycles. The summed E-state index contributed by atoms with van der Waals surface area (Å²) in [6.07, 6.45) is -10.9. The first kappa shape index (κ1) is 26.0. The molecular weight excluding hydrogens is 482 g/mol. The van der Waals surface area contributed by atoms with Gasteiger partial charge in [-0.1, -0.05) is 42.5 Å². The molecule has 4 N–H and O–H groups in total. The van der Waals surface area contributed by atoms with E-state index in [1.54, 1.807) is 24.3 Å². The number of fused-ring (bicyclic) bond motifs is 1. The SMILES string of the molecule is NC(=S)c1cccc(-c2cn(CC(CO)(C(F)F)C(F)F)c3cc(C(O)CC(F)F)ccc23)c1. The average molecular weight is 504 g/mol. The van der Waals surface area contributed by atoms with Gasteiger partial charge < -0.3 is 20.5 Å². The van der Waals surface area contributed by atoms with E-state index in [0.717, 1.165) is 4.57 Å². The van der Waals surface area contributed by atoms with E-state index in [1.165, 1.54) is 24.4 Å². The number of aliphatic hydroxyl groups excluding tert-OH is 2. The van der Waals surface area contributed by atoms with E-state index < -0.39 is 50.4 Å². The van der Waals surface area contributed by atoms with Crippen LogP contribution in [0.2, 0.25) is 0 Å². The number of hydrogen-bond acceptors (Lipinski definition) is 3. The van der Waals surface area contributed by atoms with Crippen molar-refractivity contribution in [1.29, 1.82) is 0 Å². The minimum absolute atomic E-state index is 0.0688. The van der Waals surface area contributed by atoms with Crippen molar-refractivity contribution < 1.29 is 36.6 Å². The first-order chi connectivity index (χ1) is 16.0. The molecular formula is C23H22F6N2O2S. The van der Waals surface area contributed by atoms with Gasteiger partial charge in [0.05, 0.1) is 12.7 Å². The molecule has 3 rings (SSSR count). The highest BCUT2D eigenvalue weighted by Gasteiger charge is 2.49. The van der Waals surface area contributed by atoms with Gasteiger partial charge in [-0.05, 0) is 23.3 Å². The molecule has 0 aliphatic carbocycles. The normalized spacial score (nSPS) is 13.4. The quantitative estimate of drug-likeness (QED) is 0.264. The van der Waals surface area contributed by atoms with Gasteiger partial charge >= 0.3 is 0 Å². The van der Waals surface area contributed by atoms with Crippen LogP contribution in [0.4, 0.5) is 26.3 Å². The summed E-state index contributed by atoms with van der Waals surface area (Å²) >= 11 is 4.99. The fourth-order valence-electron chi connectivity index (χ4n) is 3.76. The lowest BCUT2D eigenvalue weighted by atomic mass is 9.89. The fourth-order valence-corrected chi connectivity index (χ4v) is 3.89. The van der Waals surface area contributed by atoms with Gasteiger partial charge in [-0.3, -0.25) is 0 Å². The van der Waals surface area contributed by atoms with E-state index in [4.69, 9.17) is 18.0 Å². The fraction of sp³-hybridized carbons (Fsp3) is 0.348. The molecule has 0 saturated carbocycles. The Morgan fingerprint density at radius 2 is 1.71 bits per heavy atom. The van der Waals surface area contributed by atoms with Crippen LogP contribution in [0.5, 0.6) is 0 Å². The summed E-state index contributed by atoms with van der Waals surface area (Å²) in [5, 5.41) is 20.0. The Morgan fingerprint density at radius 1 is 1.03 bits per heavy atom. The van der Waals surface area contributed by atoms with Gasteiger partial charge in [0, 0.05) is 41.2 Å². The van der Waals surface area contributed by atoms with E-state index in [2.05, 4.69) is 0 Å². The molecule has 0 amide bonds. The predicted octanol–water partition coefficient (Wildman–Crippen LogP) is 5.14. The number of halogens is 6. The Bertz CT molecular complexity index is 1160. The van der Waals surface area contributed by atoms with Crippen molar-refractivity contribution in [2.75, 3.05) is 6.61 Å².